The molecule has 6 nitrogen and oxygen atoms in total. The highest BCUT2D eigenvalue weighted by Crippen LogP contribution is 2.31. The Morgan fingerprint density at radius 3 is 2.41 bits per heavy atom. The number of rotatable bonds is 6. The molecule has 0 saturated carbocycles. The summed E-state index contributed by atoms with van der Waals surface area (Å²) in [5, 5.41) is 18.1. The van der Waals surface area contributed by atoms with E-state index in [-0.39, 0.29) is 6.42 Å². The number of aryl methyl sites for hydroxylation is 2. The minimum Gasteiger partial charge on any atom is -0.550 e. The van der Waals surface area contributed by atoms with Crippen LogP contribution in [0, 0.1) is 13.8 Å². The molecule has 3 rings (SSSR count). The first-order valence-electron chi connectivity index (χ1n) is 8.75. The number of carboxylic acid groups (broad SMARTS) is 1. The van der Waals surface area contributed by atoms with Gasteiger partial charge in [0, 0.05) is 30.9 Å². The van der Waals surface area contributed by atoms with Crippen molar-refractivity contribution in [2.24, 2.45) is 5.16 Å². The molecule has 0 radical (unpaired) electrons. The second-order valence-electron chi connectivity index (χ2n) is 6.85. The van der Waals surface area contributed by atoms with Crippen molar-refractivity contribution >= 4 is 23.3 Å². The van der Waals surface area contributed by atoms with Crippen LogP contribution in [0.1, 0.15) is 29.5 Å². The van der Waals surface area contributed by atoms with Gasteiger partial charge in [0.25, 0.3) is 5.91 Å². The average Bonchev–Trinajstić information content (AvgIpc) is 3.02. The summed E-state index contributed by atoms with van der Waals surface area (Å²) < 4.78 is 0. The van der Waals surface area contributed by atoms with Gasteiger partial charge in [-0.3, -0.25) is 4.79 Å². The van der Waals surface area contributed by atoms with Crippen LogP contribution >= 0.6 is 0 Å². The molecule has 0 aliphatic carbocycles. The summed E-state index contributed by atoms with van der Waals surface area (Å²) in [6, 6.07) is 15.3. The number of hydrogen-bond acceptors (Lipinski definition) is 5. The number of para-hydroxylation sites is 1. The van der Waals surface area contributed by atoms with E-state index in [9.17, 15) is 14.7 Å². The van der Waals surface area contributed by atoms with Gasteiger partial charge in [-0.15, -0.1) is 0 Å². The molecule has 1 amide bonds. The number of oxime groups is 1. The number of benzene rings is 2. The number of hydrogen-bond donors (Lipinski definition) is 1. The first kappa shape index (κ1) is 18.6. The van der Waals surface area contributed by atoms with Crippen LogP contribution in [0.3, 0.4) is 0 Å². The number of aliphatic carboxylic acids is 1. The molecule has 1 aliphatic heterocycles. The van der Waals surface area contributed by atoms with Crippen molar-refractivity contribution in [2.45, 2.75) is 38.7 Å². The smallest absolute Gasteiger partial charge is 0.272 e. The van der Waals surface area contributed by atoms with E-state index < -0.39 is 23.9 Å². The molecule has 1 atom stereocenters. The zero-order valence-corrected chi connectivity index (χ0v) is 15.3. The molecule has 0 fully saturated rings. The minimum absolute atomic E-state index is 0.104. The fourth-order valence-electron chi connectivity index (χ4n) is 3.24. The minimum atomic E-state index is -1.60. The highest BCUT2D eigenvalue weighted by Gasteiger charge is 2.46. The van der Waals surface area contributed by atoms with Gasteiger partial charge in [-0.05, 0) is 30.5 Å². The molecule has 0 aromatic heterocycles. The van der Waals surface area contributed by atoms with Crippen molar-refractivity contribution in [3.8, 4) is 0 Å². The Bertz CT molecular complexity index is 872. The van der Waals surface area contributed by atoms with Crippen molar-refractivity contribution in [1.82, 2.24) is 0 Å². The topological polar surface area (TPSA) is 90.8 Å². The van der Waals surface area contributed by atoms with Gasteiger partial charge in [0.15, 0.2) is 0 Å². The van der Waals surface area contributed by atoms with Crippen molar-refractivity contribution in [2.75, 3.05) is 5.32 Å². The van der Waals surface area contributed by atoms with E-state index in [4.69, 9.17) is 4.84 Å². The molecule has 1 aliphatic rings. The van der Waals surface area contributed by atoms with Crippen LogP contribution < -0.4 is 10.4 Å². The summed E-state index contributed by atoms with van der Waals surface area (Å²) in [5.41, 5.74) is 2.46. The third kappa shape index (κ3) is 4.16. The van der Waals surface area contributed by atoms with Crippen molar-refractivity contribution in [3.05, 3.63) is 65.2 Å². The number of carboxylic acids is 1. The summed E-state index contributed by atoms with van der Waals surface area (Å²) >= 11 is 0. The summed E-state index contributed by atoms with van der Waals surface area (Å²) in [6.45, 7) is 3.75. The van der Waals surface area contributed by atoms with Gasteiger partial charge < -0.3 is 20.1 Å². The Morgan fingerprint density at radius 2 is 1.78 bits per heavy atom. The normalized spacial score (nSPS) is 18.5. The Kier molecular flexibility index (Phi) is 5.26. The van der Waals surface area contributed by atoms with Crippen LogP contribution in [-0.2, 0) is 20.8 Å². The van der Waals surface area contributed by atoms with Gasteiger partial charge in [0.05, 0.1) is 5.71 Å². The second-order valence-corrected chi connectivity index (χ2v) is 6.85. The summed E-state index contributed by atoms with van der Waals surface area (Å²) in [7, 11) is 0. The van der Waals surface area contributed by atoms with Crippen LogP contribution in [0.4, 0.5) is 5.69 Å². The van der Waals surface area contributed by atoms with Crippen LogP contribution in [0.2, 0.25) is 0 Å². The second kappa shape index (κ2) is 7.61. The molecule has 1 heterocycles. The van der Waals surface area contributed by atoms with E-state index >= 15 is 0 Å². The summed E-state index contributed by atoms with van der Waals surface area (Å²) in [5.74, 6) is -1.89. The van der Waals surface area contributed by atoms with Crippen molar-refractivity contribution < 1.29 is 19.5 Å². The maximum absolute atomic E-state index is 13.0. The molecule has 6 heteroatoms. The van der Waals surface area contributed by atoms with Crippen molar-refractivity contribution in [3.63, 3.8) is 0 Å². The molecule has 0 saturated heterocycles. The number of nitrogens with zero attached hydrogens (tertiary/aromatic N) is 1. The molecule has 2 aromatic carbocycles. The molecular weight excluding hydrogens is 344 g/mol. The molecule has 0 spiro atoms. The zero-order chi connectivity index (χ0) is 19.4. The van der Waals surface area contributed by atoms with Gasteiger partial charge in [0.1, 0.15) is 0 Å². The standard InChI is InChI=1S/C21H22N2O4/c1-14-7-6-8-15(2)19(14)22-20(26)21(13-18(24)25)12-17(23-27-21)11-16-9-4-3-5-10-16/h3-10H,11-13H2,1-2H3,(H,22,26)(H,24,25)/p-1/t21-/m0/s1. The number of anilines is 1. The monoisotopic (exact) mass is 365 g/mol. The van der Waals surface area contributed by atoms with E-state index in [1.54, 1.807) is 0 Å². The lowest BCUT2D eigenvalue weighted by Crippen LogP contribution is -2.47. The first-order chi connectivity index (χ1) is 12.9. The molecule has 0 bridgehead atoms. The Morgan fingerprint density at radius 1 is 1.11 bits per heavy atom. The maximum Gasteiger partial charge on any atom is 0.272 e. The van der Waals surface area contributed by atoms with Crippen LogP contribution in [0.15, 0.2) is 53.7 Å². The number of amides is 1. The largest absolute Gasteiger partial charge is 0.550 e. The van der Waals surface area contributed by atoms with E-state index in [1.807, 2.05) is 62.4 Å². The van der Waals surface area contributed by atoms with Gasteiger partial charge in [0.2, 0.25) is 5.60 Å². The fourth-order valence-corrected chi connectivity index (χ4v) is 3.24. The summed E-state index contributed by atoms with van der Waals surface area (Å²) in [6.07, 6.45) is 0.0322. The van der Waals surface area contributed by atoms with Gasteiger partial charge in [-0.25, -0.2) is 0 Å². The third-order valence-corrected chi connectivity index (χ3v) is 4.65. The average molecular weight is 365 g/mol. The van der Waals surface area contributed by atoms with E-state index in [1.165, 1.54) is 0 Å². The van der Waals surface area contributed by atoms with Gasteiger partial charge in [-0.1, -0.05) is 53.7 Å². The lowest BCUT2D eigenvalue weighted by molar-refractivity contribution is -0.309. The quantitative estimate of drug-likeness (QED) is 0.849. The van der Waals surface area contributed by atoms with Gasteiger partial charge in [-0.2, -0.15) is 0 Å². The third-order valence-electron chi connectivity index (χ3n) is 4.65. The maximum atomic E-state index is 13.0. The highest BCUT2D eigenvalue weighted by molar-refractivity contribution is 6.05. The SMILES string of the molecule is Cc1cccc(C)c1NC(=O)[C@@]1(CC(=O)[O-])CC(Cc2ccccc2)=NO1. The Labute approximate surface area is 157 Å². The number of nitrogens with one attached hydrogen (secondary N) is 1. The molecule has 1 N–H and O–H groups in total. The molecular formula is C21H21N2O4-. The molecule has 2 aromatic rings. The first-order valence-corrected chi connectivity index (χ1v) is 8.75. The lowest BCUT2D eigenvalue weighted by atomic mass is 9.90. The predicted molar refractivity (Wildman–Crippen MR) is 100 cm³/mol. The van der Waals surface area contributed by atoms with Gasteiger partial charge >= 0.3 is 0 Å². The number of carbonyl (C=O) groups is 2. The molecule has 0 unspecified atom stereocenters. The van der Waals surface area contributed by atoms with E-state index in [0.29, 0.717) is 17.8 Å². The summed E-state index contributed by atoms with van der Waals surface area (Å²) in [4.78, 5) is 29.7. The predicted octanol–water partition coefficient (Wildman–Crippen LogP) is 2.14. The molecule has 140 valence electrons. The molecule has 27 heavy (non-hydrogen) atoms. The van der Waals surface area contributed by atoms with E-state index in [0.717, 1.165) is 16.7 Å². The van der Waals surface area contributed by atoms with Crippen LogP contribution in [0.5, 0.6) is 0 Å². The van der Waals surface area contributed by atoms with Crippen LogP contribution in [0.25, 0.3) is 0 Å². The Hall–Kier alpha value is -3.15. The highest BCUT2D eigenvalue weighted by atomic mass is 16.7. The Balaban J connectivity index is 1.80. The van der Waals surface area contributed by atoms with Crippen LogP contribution in [-0.4, -0.2) is 23.2 Å². The van der Waals surface area contributed by atoms with Crippen molar-refractivity contribution in [1.29, 1.82) is 0 Å². The lowest BCUT2D eigenvalue weighted by Gasteiger charge is -2.26. The fraction of sp³-hybridized carbons (Fsp3) is 0.286. The number of carbonyl (C=O) groups excluding carboxylic acids is 2. The van der Waals surface area contributed by atoms with E-state index in [2.05, 4.69) is 10.5 Å². The zero-order valence-electron chi connectivity index (χ0n) is 15.3.